The van der Waals surface area contributed by atoms with Crippen molar-refractivity contribution in [2.45, 2.75) is 199 Å². The Labute approximate surface area is 683 Å². The van der Waals surface area contributed by atoms with Gasteiger partial charge in [-0.3, -0.25) is 38.3 Å². The summed E-state index contributed by atoms with van der Waals surface area (Å²) in [6, 6.07) is 15.2. The fourth-order valence-electron chi connectivity index (χ4n) is 15.2. The molecule has 5 N–H and O–H groups in total. The highest BCUT2D eigenvalue weighted by Crippen LogP contribution is 2.46. The standard InChI is InChI=1S/C89H125N7O20/c1-60(2)85(93-83(99)29-34-107-36-38-109-40-42-111-44-46-113-48-49-114-47-45-112-43-41-110-39-37-108-35-30-90-82(98)28-31-94-84(100)55-73(87(94)102)67-17-12-10-8-9-11-13-18-67)86(101)92-63(5)77(97)27-20-61(3)64-21-23-65(24-22-64)69-51-71-57-91-76-56-81(79(106-7)54-75(76)89(104)96(71)59-69)116-33-15-32-115-80-52-72-62(4)16-14-19-70-50-68(66-25-26-66)58-95(70)88(103)74(72)53-78(80)105-6/h14,19,21-24,52-63,66-67,70-71,85,100,102H,8-13,15-18,20,25-51H2,1-7H3,(H,90,98)(H,92,101)(H,93,99). The van der Waals surface area contributed by atoms with E-state index in [-0.39, 0.29) is 116 Å². The monoisotopic (exact) mass is 1610 g/mol. The number of rotatable bonds is 50. The van der Waals surface area contributed by atoms with Crippen molar-refractivity contribution in [1.29, 1.82) is 0 Å². The van der Waals surface area contributed by atoms with E-state index >= 15 is 0 Å². The van der Waals surface area contributed by atoms with Gasteiger partial charge in [-0.05, 0) is 127 Å². The largest absolute Gasteiger partial charge is 0.494 e. The Morgan fingerprint density at radius 3 is 1.72 bits per heavy atom. The minimum Gasteiger partial charge on any atom is -0.494 e. The van der Waals surface area contributed by atoms with Crippen LogP contribution < -0.4 is 34.9 Å². The van der Waals surface area contributed by atoms with Crippen LogP contribution in [0.2, 0.25) is 0 Å². The van der Waals surface area contributed by atoms with Crippen LogP contribution in [-0.2, 0) is 63.6 Å². The van der Waals surface area contributed by atoms with Crippen molar-refractivity contribution in [3.05, 3.63) is 118 Å². The molecule has 0 saturated heterocycles. The summed E-state index contributed by atoms with van der Waals surface area (Å²) in [4.78, 5) is 89.1. The van der Waals surface area contributed by atoms with E-state index in [0.717, 1.165) is 66.4 Å². The third-order valence-electron chi connectivity index (χ3n) is 22.3. The number of aromatic nitrogens is 1. The van der Waals surface area contributed by atoms with Crippen molar-refractivity contribution in [3.8, 4) is 34.8 Å². The average molecular weight is 1610 g/mol. The number of nitrogens with one attached hydrogen (secondary N) is 3. The number of nitrogens with zero attached hydrogens (tertiary/aromatic N) is 4. The lowest BCUT2D eigenvalue weighted by molar-refractivity contribution is -0.132. The highest BCUT2D eigenvalue weighted by Gasteiger charge is 2.39. The number of aromatic hydroxyl groups is 2. The first kappa shape index (κ1) is 89.7. The Balaban J connectivity index is 0.512. The molecular formula is C89H125N7O20. The molecule has 1 aromatic heterocycles. The number of methoxy groups -OCH3 is 2. The van der Waals surface area contributed by atoms with Gasteiger partial charge in [-0.15, -0.1) is 0 Å². The number of allylic oxidation sites excluding steroid dienone is 1. The van der Waals surface area contributed by atoms with Gasteiger partial charge in [0.1, 0.15) is 6.04 Å². The van der Waals surface area contributed by atoms with Crippen molar-refractivity contribution in [2.24, 2.45) is 16.8 Å². The summed E-state index contributed by atoms with van der Waals surface area (Å²) < 4.78 is 70.1. The summed E-state index contributed by atoms with van der Waals surface area (Å²) >= 11 is 0. The zero-order valence-corrected chi connectivity index (χ0v) is 69.2. The summed E-state index contributed by atoms with van der Waals surface area (Å²) in [5, 5.41) is 29.9. The molecule has 2 saturated carbocycles. The van der Waals surface area contributed by atoms with Gasteiger partial charge in [0, 0.05) is 87.1 Å². The SMILES string of the molecule is COc1cc2c(cc1OCCCOc1cc3c(cc1OC)C(=O)N1C=C(C4CC4)CC1C=CCC3C)N=CC1CC(c3ccc(C(C)CCC(=O)C(C)NC(=O)C(NC(=O)CCOCCOCCOCCOCCOCCOCCOCCOCCNC(=O)CCn4c(O)cc(C5CCCCCCCC5)c4O)C(C)C)cc3)=CN1C2=O. The predicted octanol–water partition coefficient (Wildman–Crippen LogP) is 12.4. The lowest BCUT2D eigenvalue weighted by Crippen LogP contribution is -2.53. The maximum absolute atomic E-state index is 14.3. The van der Waals surface area contributed by atoms with Crippen LogP contribution in [-0.4, -0.2) is 230 Å². The van der Waals surface area contributed by atoms with E-state index in [1.54, 1.807) is 50.5 Å². The van der Waals surface area contributed by atoms with Gasteiger partial charge in [-0.25, -0.2) is 0 Å². The zero-order chi connectivity index (χ0) is 82.1. The summed E-state index contributed by atoms with van der Waals surface area (Å²) in [7, 11) is 3.13. The Hall–Kier alpha value is -8.67. The maximum atomic E-state index is 14.3. The molecule has 2 aliphatic carbocycles. The molecule has 6 unspecified atom stereocenters. The Morgan fingerprint density at radius 2 is 1.12 bits per heavy atom. The molecule has 6 atom stereocenters. The van der Waals surface area contributed by atoms with Crippen LogP contribution in [0.5, 0.6) is 34.8 Å². The van der Waals surface area contributed by atoms with Crippen LogP contribution in [0.1, 0.15) is 211 Å². The number of ether oxygens (including phenoxy) is 12. The summed E-state index contributed by atoms with van der Waals surface area (Å²) in [6.45, 7) is 16.6. The lowest BCUT2D eigenvalue weighted by Gasteiger charge is -2.24. The van der Waals surface area contributed by atoms with Crippen molar-refractivity contribution in [1.82, 2.24) is 30.3 Å². The molecule has 5 amide bonds. The molecule has 27 heteroatoms. The van der Waals surface area contributed by atoms with E-state index in [1.807, 2.05) is 49.2 Å². The fraction of sp³-hybridized carbons (Fsp3) is 0.607. The summed E-state index contributed by atoms with van der Waals surface area (Å²) in [5.74, 6) is 1.41. The second-order valence-corrected chi connectivity index (χ2v) is 31.2. The Morgan fingerprint density at radius 1 is 0.560 bits per heavy atom. The van der Waals surface area contributed by atoms with Crippen LogP contribution in [0.3, 0.4) is 0 Å². The fourth-order valence-corrected chi connectivity index (χ4v) is 15.2. The molecule has 2 fully saturated rings. The number of carbonyl (C=O) groups excluding carboxylic acids is 6. The molecule has 6 aliphatic rings. The number of aliphatic imine (C=N–C) groups is 1. The van der Waals surface area contributed by atoms with Gasteiger partial charge in [-0.1, -0.05) is 103 Å². The first-order valence-corrected chi connectivity index (χ1v) is 42.1. The molecule has 27 nitrogen and oxygen atoms in total. The second-order valence-electron chi connectivity index (χ2n) is 31.2. The van der Waals surface area contributed by atoms with E-state index in [1.165, 1.54) is 48.7 Å². The number of amides is 5. The Kier molecular flexibility index (Phi) is 36.4. The highest BCUT2D eigenvalue weighted by atomic mass is 16.6. The van der Waals surface area contributed by atoms with Crippen LogP contribution in [0.15, 0.2) is 89.7 Å². The first-order valence-electron chi connectivity index (χ1n) is 42.1. The van der Waals surface area contributed by atoms with E-state index < -0.39 is 18.0 Å². The number of carbonyl (C=O) groups is 6. The predicted molar refractivity (Wildman–Crippen MR) is 440 cm³/mol. The van der Waals surface area contributed by atoms with E-state index in [4.69, 9.17) is 61.8 Å². The van der Waals surface area contributed by atoms with E-state index in [2.05, 4.69) is 60.3 Å². The highest BCUT2D eigenvalue weighted by molar-refractivity contribution is 6.05. The smallest absolute Gasteiger partial charge is 0.260 e. The molecular weight excluding hydrogens is 1490 g/mol. The third kappa shape index (κ3) is 26.9. The number of hydrogen-bond acceptors (Lipinski definition) is 21. The minimum atomic E-state index is -0.844. The van der Waals surface area contributed by atoms with Crippen LogP contribution >= 0.6 is 0 Å². The summed E-state index contributed by atoms with van der Waals surface area (Å²) in [5.41, 5.74) is 7.61. The van der Waals surface area contributed by atoms with Gasteiger partial charge in [-0.2, -0.15) is 0 Å². The molecule has 0 spiro atoms. The van der Waals surface area contributed by atoms with Crippen molar-refractivity contribution >= 4 is 52.8 Å². The molecule has 4 aromatic rings. The average Bonchev–Trinajstić information content (AvgIpc) is 1.59. The van der Waals surface area contributed by atoms with Crippen molar-refractivity contribution in [3.63, 3.8) is 0 Å². The van der Waals surface area contributed by atoms with Gasteiger partial charge in [0.25, 0.3) is 11.8 Å². The number of hydrogen-bond donors (Lipinski definition) is 5. The van der Waals surface area contributed by atoms with Gasteiger partial charge < -0.3 is 92.8 Å². The van der Waals surface area contributed by atoms with Gasteiger partial charge in [0.15, 0.2) is 40.5 Å². The number of fused-ring (bicyclic) bond motifs is 4. The van der Waals surface area contributed by atoms with Gasteiger partial charge in [0.2, 0.25) is 17.7 Å². The third-order valence-corrected chi connectivity index (χ3v) is 22.3. The molecule has 636 valence electrons. The second kappa shape index (κ2) is 47.1. The maximum Gasteiger partial charge on any atom is 0.260 e. The van der Waals surface area contributed by atoms with E-state index in [9.17, 15) is 39.0 Å². The van der Waals surface area contributed by atoms with Crippen molar-refractivity contribution < 1.29 is 95.8 Å². The van der Waals surface area contributed by atoms with Gasteiger partial charge >= 0.3 is 0 Å². The van der Waals surface area contributed by atoms with Crippen LogP contribution in [0, 0.1) is 11.8 Å². The molecule has 4 aliphatic heterocycles. The van der Waals surface area contributed by atoms with Crippen LogP contribution in [0.25, 0.3) is 5.57 Å². The quantitative estimate of drug-likeness (QED) is 0.0203. The molecule has 5 heterocycles. The molecule has 0 bridgehead atoms. The molecule has 0 radical (unpaired) electrons. The number of Topliss-reactive ketones (excluding diaryl/α,β-unsaturated/α-hetero) is 1. The topological polar surface area (TPSA) is 313 Å². The minimum absolute atomic E-state index is 0.00756. The van der Waals surface area contributed by atoms with Crippen molar-refractivity contribution in [2.75, 3.05) is 140 Å². The molecule has 10 rings (SSSR count). The number of ketones is 1. The normalized spacial score (nSPS) is 18.4. The van der Waals surface area contributed by atoms with E-state index in [0.29, 0.717) is 177 Å². The lowest BCUT2D eigenvalue weighted by atomic mass is 9.91. The first-order chi connectivity index (χ1) is 56.4. The number of benzene rings is 3. The van der Waals surface area contributed by atoms with Crippen LogP contribution in [0.4, 0.5) is 5.69 Å². The Bertz CT molecular complexity index is 3950. The summed E-state index contributed by atoms with van der Waals surface area (Å²) in [6.07, 6.45) is 25.5. The zero-order valence-electron chi connectivity index (χ0n) is 69.2. The van der Waals surface area contributed by atoms with Gasteiger partial charge in [0.05, 0.1) is 163 Å². The molecule has 116 heavy (non-hydrogen) atoms. The molecule has 3 aromatic carbocycles.